The Hall–Kier alpha value is -3.67. The fraction of sp³-hybridized carbons (Fsp3) is 0.0500. The van der Waals surface area contributed by atoms with E-state index in [1.807, 2.05) is 18.2 Å². The third kappa shape index (κ3) is 4.91. The molecule has 0 aliphatic heterocycles. The first kappa shape index (κ1) is 17.2. The minimum atomic E-state index is -0.287. The van der Waals surface area contributed by atoms with Crippen LogP contribution >= 0.6 is 0 Å². The molecule has 3 rings (SSSR count). The van der Waals surface area contributed by atoms with Crippen molar-refractivity contribution in [3.8, 4) is 5.75 Å². The Bertz CT molecular complexity index is 883. The number of rotatable bonds is 6. The summed E-state index contributed by atoms with van der Waals surface area (Å²) in [4.78, 5) is 28.1. The molecule has 0 bridgehead atoms. The maximum absolute atomic E-state index is 12.1. The van der Waals surface area contributed by atoms with E-state index in [2.05, 4.69) is 15.6 Å². The van der Waals surface area contributed by atoms with Gasteiger partial charge in [-0.3, -0.25) is 14.6 Å². The molecule has 0 unspecified atom stereocenters. The molecule has 0 radical (unpaired) electrons. The Morgan fingerprint density at radius 1 is 0.885 bits per heavy atom. The van der Waals surface area contributed by atoms with Gasteiger partial charge in [0.15, 0.2) is 6.61 Å². The molecule has 1 aromatic heterocycles. The highest BCUT2D eigenvalue weighted by Gasteiger charge is 2.08. The van der Waals surface area contributed by atoms with Crippen LogP contribution in [0.1, 0.15) is 10.4 Å². The van der Waals surface area contributed by atoms with Crippen molar-refractivity contribution < 1.29 is 14.3 Å². The van der Waals surface area contributed by atoms with Gasteiger partial charge in [-0.15, -0.1) is 0 Å². The Kier molecular flexibility index (Phi) is 5.57. The van der Waals surface area contributed by atoms with Gasteiger partial charge >= 0.3 is 0 Å². The Balaban J connectivity index is 1.57. The molecule has 0 aliphatic carbocycles. The van der Waals surface area contributed by atoms with E-state index in [4.69, 9.17) is 4.74 Å². The summed E-state index contributed by atoms with van der Waals surface area (Å²) >= 11 is 0. The van der Waals surface area contributed by atoms with Gasteiger partial charge in [0.2, 0.25) is 0 Å². The van der Waals surface area contributed by atoms with Crippen LogP contribution in [0.3, 0.4) is 0 Å². The number of carbonyl (C=O) groups excluding carboxylic acids is 2. The summed E-state index contributed by atoms with van der Waals surface area (Å²) < 4.78 is 5.40. The lowest BCUT2D eigenvalue weighted by molar-refractivity contribution is -0.118. The topological polar surface area (TPSA) is 80.3 Å². The molecular formula is C20H17N3O3. The SMILES string of the molecule is O=C(COc1ccccc1)Nc1cccc(NC(=O)c2cccnc2)c1. The number of para-hydroxylation sites is 1. The van der Waals surface area contributed by atoms with Crippen molar-refractivity contribution in [1.29, 1.82) is 0 Å². The van der Waals surface area contributed by atoms with Gasteiger partial charge in [-0.1, -0.05) is 24.3 Å². The zero-order chi connectivity index (χ0) is 18.2. The molecule has 0 fully saturated rings. The fourth-order valence-electron chi connectivity index (χ4n) is 2.24. The van der Waals surface area contributed by atoms with E-state index in [-0.39, 0.29) is 18.4 Å². The minimum Gasteiger partial charge on any atom is -0.484 e. The van der Waals surface area contributed by atoms with Gasteiger partial charge in [-0.25, -0.2) is 0 Å². The van der Waals surface area contributed by atoms with Crippen molar-refractivity contribution in [1.82, 2.24) is 4.98 Å². The van der Waals surface area contributed by atoms with Gasteiger partial charge in [-0.2, -0.15) is 0 Å². The number of nitrogens with zero attached hydrogens (tertiary/aromatic N) is 1. The lowest BCUT2D eigenvalue weighted by atomic mass is 10.2. The Morgan fingerprint density at radius 3 is 2.38 bits per heavy atom. The van der Waals surface area contributed by atoms with Crippen LogP contribution in [0.25, 0.3) is 0 Å². The summed E-state index contributed by atoms with van der Waals surface area (Å²) in [5.41, 5.74) is 1.59. The maximum atomic E-state index is 12.1. The molecule has 3 aromatic rings. The maximum Gasteiger partial charge on any atom is 0.262 e. The molecule has 0 saturated heterocycles. The summed E-state index contributed by atoms with van der Waals surface area (Å²) in [5, 5.41) is 5.51. The van der Waals surface area contributed by atoms with Crippen LogP contribution in [-0.2, 0) is 4.79 Å². The monoisotopic (exact) mass is 347 g/mol. The zero-order valence-corrected chi connectivity index (χ0v) is 13.9. The first-order chi connectivity index (χ1) is 12.7. The van der Waals surface area contributed by atoms with Crippen molar-refractivity contribution in [2.75, 3.05) is 17.2 Å². The Morgan fingerprint density at radius 2 is 1.65 bits per heavy atom. The first-order valence-corrected chi connectivity index (χ1v) is 8.00. The van der Waals surface area contributed by atoms with Crippen LogP contribution in [-0.4, -0.2) is 23.4 Å². The number of hydrogen-bond acceptors (Lipinski definition) is 4. The summed E-state index contributed by atoms with van der Waals surface area (Å²) in [7, 11) is 0. The molecule has 130 valence electrons. The molecule has 6 heteroatoms. The van der Waals surface area contributed by atoms with Crippen molar-refractivity contribution in [3.05, 3.63) is 84.7 Å². The molecule has 2 N–H and O–H groups in total. The van der Waals surface area contributed by atoms with Gasteiger partial charge in [-0.05, 0) is 42.5 Å². The summed E-state index contributed by atoms with van der Waals surface area (Å²) in [6.07, 6.45) is 3.09. The largest absolute Gasteiger partial charge is 0.484 e. The number of nitrogens with one attached hydrogen (secondary N) is 2. The molecule has 0 aliphatic rings. The molecule has 2 amide bonds. The van der Waals surface area contributed by atoms with Crippen LogP contribution in [0, 0.1) is 0 Å². The number of benzene rings is 2. The number of pyridine rings is 1. The predicted octanol–water partition coefficient (Wildman–Crippen LogP) is 3.35. The molecular weight excluding hydrogens is 330 g/mol. The van der Waals surface area contributed by atoms with Crippen molar-refractivity contribution >= 4 is 23.2 Å². The summed E-state index contributed by atoms with van der Waals surface area (Å²) in [6.45, 7) is -0.101. The molecule has 0 spiro atoms. The third-order valence-corrected chi connectivity index (χ3v) is 3.44. The predicted molar refractivity (Wildman–Crippen MR) is 99.2 cm³/mol. The minimum absolute atomic E-state index is 0.101. The first-order valence-electron chi connectivity index (χ1n) is 8.00. The van der Waals surface area contributed by atoms with E-state index in [0.29, 0.717) is 22.7 Å². The van der Waals surface area contributed by atoms with E-state index in [1.165, 1.54) is 6.20 Å². The second kappa shape index (κ2) is 8.43. The zero-order valence-electron chi connectivity index (χ0n) is 13.9. The smallest absolute Gasteiger partial charge is 0.262 e. The van der Waals surface area contributed by atoms with Gasteiger partial charge in [0.05, 0.1) is 5.56 Å². The highest BCUT2D eigenvalue weighted by molar-refractivity contribution is 6.04. The van der Waals surface area contributed by atoms with E-state index in [0.717, 1.165) is 0 Å². The molecule has 26 heavy (non-hydrogen) atoms. The van der Waals surface area contributed by atoms with E-state index >= 15 is 0 Å². The normalized spacial score (nSPS) is 10.0. The fourth-order valence-corrected chi connectivity index (χ4v) is 2.24. The summed E-state index contributed by atoms with van der Waals surface area (Å²) in [6, 6.07) is 19.4. The standard InChI is InChI=1S/C20H17N3O3/c24-19(14-26-18-9-2-1-3-10-18)22-16-7-4-8-17(12-16)23-20(25)15-6-5-11-21-13-15/h1-13H,14H2,(H,22,24)(H,23,25). The average molecular weight is 347 g/mol. The van der Waals surface area contributed by atoms with Crippen LogP contribution in [0.5, 0.6) is 5.75 Å². The average Bonchev–Trinajstić information content (AvgIpc) is 2.68. The molecule has 1 heterocycles. The van der Waals surface area contributed by atoms with E-state index in [1.54, 1.807) is 54.7 Å². The van der Waals surface area contributed by atoms with Crippen molar-refractivity contribution in [2.45, 2.75) is 0 Å². The van der Waals surface area contributed by atoms with Gasteiger partial charge in [0, 0.05) is 23.8 Å². The quantitative estimate of drug-likeness (QED) is 0.716. The second-order valence-electron chi connectivity index (χ2n) is 5.43. The molecule has 0 atom stereocenters. The third-order valence-electron chi connectivity index (χ3n) is 3.44. The number of hydrogen-bond donors (Lipinski definition) is 2. The van der Waals surface area contributed by atoms with Crippen LogP contribution in [0.4, 0.5) is 11.4 Å². The van der Waals surface area contributed by atoms with E-state index < -0.39 is 0 Å². The highest BCUT2D eigenvalue weighted by Crippen LogP contribution is 2.16. The molecule has 0 saturated carbocycles. The van der Waals surface area contributed by atoms with E-state index in [9.17, 15) is 9.59 Å². The number of amides is 2. The number of carbonyl (C=O) groups is 2. The summed E-state index contributed by atoms with van der Waals surface area (Å²) in [5.74, 6) is 0.0683. The van der Waals surface area contributed by atoms with Crippen LogP contribution in [0.2, 0.25) is 0 Å². The van der Waals surface area contributed by atoms with Crippen LogP contribution < -0.4 is 15.4 Å². The lowest BCUT2D eigenvalue weighted by Gasteiger charge is -2.10. The van der Waals surface area contributed by atoms with Gasteiger partial charge < -0.3 is 15.4 Å². The van der Waals surface area contributed by atoms with Crippen molar-refractivity contribution in [2.24, 2.45) is 0 Å². The number of ether oxygens (including phenoxy) is 1. The molecule has 2 aromatic carbocycles. The van der Waals surface area contributed by atoms with Gasteiger partial charge in [0.25, 0.3) is 11.8 Å². The number of anilines is 2. The highest BCUT2D eigenvalue weighted by atomic mass is 16.5. The Labute approximate surface area is 150 Å². The second-order valence-corrected chi connectivity index (χ2v) is 5.43. The molecule has 6 nitrogen and oxygen atoms in total. The lowest BCUT2D eigenvalue weighted by Crippen LogP contribution is -2.20. The van der Waals surface area contributed by atoms with Crippen LogP contribution in [0.15, 0.2) is 79.1 Å². The van der Waals surface area contributed by atoms with Gasteiger partial charge in [0.1, 0.15) is 5.75 Å². The number of aromatic nitrogens is 1. The van der Waals surface area contributed by atoms with Crippen molar-refractivity contribution in [3.63, 3.8) is 0 Å².